The van der Waals surface area contributed by atoms with Crippen LogP contribution in [0.15, 0.2) is 0 Å². The van der Waals surface area contributed by atoms with Crippen molar-refractivity contribution in [3.8, 4) is 0 Å². The topological polar surface area (TPSA) is 106 Å². The van der Waals surface area contributed by atoms with Crippen molar-refractivity contribution in [3.05, 3.63) is 0 Å². The lowest BCUT2D eigenvalue weighted by Crippen LogP contribution is -2.31. The van der Waals surface area contributed by atoms with Crippen LogP contribution < -0.4 is 11.5 Å². The fourth-order valence-electron chi connectivity index (χ4n) is 0.421. The number of halogens is 1. The lowest BCUT2D eigenvalue weighted by molar-refractivity contribution is -0.138. The van der Waals surface area contributed by atoms with E-state index in [1.54, 1.807) is 0 Å². The van der Waals surface area contributed by atoms with Crippen molar-refractivity contribution in [2.75, 3.05) is 0 Å². The van der Waals surface area contributed by atoms with Gasteiger partial charge in [0, 0.05) is 6.42 Å². The molecule has 0 saturated heterocycles. The third-order valence-electron chi connectivity index (χ3n) is 1.02. The van der Waals surface area contributed by atoms with Gasteiger partial charge < -0.3 is 16.6 Å². The van der Waals surface area contributed by atoms with Gasteiger partial charge in [0.05, 0.1) is 0 Å². The number of primary amides is 1. The minimum absolute atomic E-state index is 0. The van der Waals surface area contributed by atoms with Gasteiger partial charge in [-0.25, -0.2) is 0 Å². The Morgan fingerprint density at radius 3 is 2.18 bits per heavy atom. The first kappa shape index (κ1) is 12.5. The highest BCUT2D eigenvalue weighted by Crippen LogP contribution is 1.92. The summed E-state index contributed by atoms with van der Waals surface area (Å²) in [5.74, 6) is -1.64. The number of hydrogen-bond donors (Lipinski definition) is 3. The minimum atomic E-state index is -1.11. The average Bonchev–Trinajstić information content (AvgIpc) is 1.82. The summed E-state index contributed by atoms with van der Waals surface area (Å²) in [5.41, 5.74) is 9.81. The number of carbonyl (C=O) groups is 2. The highest BCUT2D eigenvalue weighted by Gasteiger charge is 2.11. The van der Waals surface area contributed by atoms with Crippen LogP contribution in [0.3, 0.4) is 0 Å². The molecule has 0 aromatic heterocycles. The van der Waals surface area contributed by atoms with Crippen molar-refractivity contribution >= 4 is 11.9 Å². The third-order valence-corrected chi connectivity index (χ3v) is 1.02. The number of aliphatic carboxylic acids is 1. The summed E-state index contributed by atoms with van der Waals surface area (Å²) in [6.07, 6.45) is 0.123. The monoisotopic (exact) mass is 166 g/mol. The van der Waals surface area contributed by atoms with Gasteiger partial charge in [-0.05, 0) is 6.42 Å². The standard InChI is InChI=1S/C5H10N2O3.FH/c6-3(5(9)10)1-2-4(7)8;/h3H,1-2,6H2,(H2,7,8)(H,9,10);1H. The van der Waals surface area contributed by atoms with Crippen LogP contribution in [0.4, 0.5) is 4.70 Å². The summed E-state index contributed by atoms with van der Waals surface area (Å²) in [6.45, 7) is 0. The molecule has 1 unspecified atom stereocenters. The van der Waals surface area contributed by atoms with Crippen LogP contribution in [-0.2, 0) is 9.59 Å². The second-order valence-electron chi connectivity index (χ2n) is 1.95. The Balaban J connectivity index is 0. The summed E-state index contributed by atoms with van der Waals surface area (Å²) >= 11 is 0. The molecule has 5 nitrogen and oxygen atoms in total. The summed E-state index contributed by atoms with van der Waals surface area (Å²) in [4.78, 5) is 20.1. The van der Waals surface area contributed by atoms with Gasteiger partial charge >= 0.3 is 5.97 Å². The van der Waals surface area contributed by atoms with Gasteiger partial charge in [-0.3, -0.25) is 14.3 Å². The molecule has 1 atom stereocenters. The first-order chi connectivity index (χ1) is 4.54. The van der Waals surface area contributed by atoms with Gasteiger partial charge in [-0.1, -0.05) is 0 Å². The number of nitrogens with two attached hydrogens (primary N) is 2. The molecule has 0 aliphatic rings. The van der Waals surface area contributed by atoms with Gasteiger partial charge in [0.25, 0.3) is 0 Å². The number of carbonyl (C=O) groups excluding carboxylic acids is 1. The van der Waals surface area contributed by atoms with Gasteiger partial charge in [0.15, 0.2) is 0 Å². The van der Waals surface area contributed by atoms with E-state index >= 15 is 0 Å². The Bertz CT molecular complexity index is 151. The van der Waals surface area contributed by atoms with E-state index < -0.39 is 17.9 Å². The largest absolute Gasteiger partial charge is 0.480 e. The second-order valence-corrected chi connectivity index (χ2v) is 1.95. The third kappa shape index (κ3) is 6.72. The highest BCUT2D eigenvalue weighted by molar-refractivity contribution is 5.76. The van der Waals surface area contributed by atoms with E-state index in [1.807, 2.05) is 0 Å². The average molecular weight is 166 g/mol. The molecule has 0 aromatic carbocycles. The SMILES string of the molecule is F.NC(=O)CCC(N)C(=O)O. The summed E-state index contributed by atoms with van der Waals surface area (Å²) < 4.78 is 0. The zero-order valence-corrected chi connectivity index (χ0v) is 5.82. The normalized spacial score (nSPS) is 11.4. The van der Waals surface area contributed by atoms with Crippen LogP contribution in [0.5, 0.6) is 0 Å². The lowest BCUT2D eigenvalue weighted by atomic mass is 10.2. The van der Waals surface area contributed by atoms with Crippen LogP contribution in [-0.4, -0.2) is 23.0 Å². The van der Waals surface area contributed by atoms with E-state index in [2.05, 4.69) is 0 Å². The number of amides is 1. The Morgan fingerprint density at radius 1 is 1.45 bits per heavy atom. The van der Waals surface area contributed by atoms with E-state index in [1.165, 1.54) is 0 Å². The molecule has 5 N–H and O–H groups in total. The molecule has 0 radical (unpaired) electrons. The van der Waals surface area contributed by atoms with Crippen molar-refractivity contribution in [2.24, 2.45) is 11.5 Å². The zero-order chi connectivity index (χ0) is 8.15. The predicted octanol–water partition coefficient (Wildman–Crippen LogP) is -1.18. The molecule has 0 fully saturated rings. The first-order valence-electron chi connectivity index (χ1n) is 2.80. The summed E-state index contributed by atoms with van der Waals surface area (Å²) in [5, 5.41) is 8.22. The van der Waals surface area contributed by atoms with Gasteiger partial charge in [-0.15, -0.1) is 0 Å². The number of carboxylic acids is 1. The molecular formula is C5H11FN2O3. The van der Waals surface area contributed by atoms with Gasteiger partial charge in [-0.2, -0.15) is 0 Å². The Kier molecular flexibility index (Phi) is 6.37. The molecular weight excluding hydrogens is 155 g/mol. The van der Waals surface area contributed by atoms with Crippen LogP contribution in [0.2, 0.25) is 0 Å². The van der Waals surface area contributed by atoms with E-state index in [0.29, 0.717) is 0 Å². The fraction of sp³-hybridized carbons (Fsp3) is 0.600. The molecule has 0 aromatic rings. The van der Waals surface area contributed by atoms with Crippen molar-refractivity contribution < 1.29 is 19.4 Å². The maximum Gasteiger partial charge on any atom is 0.320 e. The van der Waals surface area contributed by atoms with Crippen LogP contribution in [0, 0.1) is 0 Å². The molecule has 6 heteroatoms. The van der Waals surface area contributed by atoms with Gasteiger partial charge in [0.1, 0.15) is 6.04 Å². The highest BCUT2D eigenvalue weighted by atomic mass is 19.0. The van der Waals surface area contributed by atoms with Crippen LogP contribution in [0.1, 0.15) is 12.8 Å². The minimum Gasteiger partial charge on any atom is -0.480 e. The van der Waals surface area contributed by atoms with E-state index in [0.717, 1.165) is 0 Å². The maximum atomic E-state index is 10.1. The Hall–Kier alpha value is -1.17. The first-order valence-corrected chi connectivity index (χ1v) is 2.80. The molecule has 0 aliphatic heterocycles. The maximum absolute atomic E-state index is 10.1. The molecule has 0 rings (SSSR count). The van der Waals surface area contributed by atoms with E-state index in [-0.39, 0.29) is 17.5 Å². The van der Waals surface area contributed by atoms with Gasteiger partial charge in [0.2, 0.25) is 5.91 Å². The summed E-state index contributed by atoms with van der Waals surface area (Å²) in [7, 11) is 0. The molecule has 1 amide bonds. The number of carboxylic acid groups (broad SMARTS) is 1. The smallest absolute Gasteiger partial charge is 0.320 e. The molecule has 0 heterocycles. The second kappa shape index (κ2) is 5.60. The Labute approximate surface area is 62.7 Å². The molecule has 0 aliphatic carbocycles. The number of rotatable bonds is 4. The Morgan fingerprint density at radius 2 is 1.91 bits per heavy atom. The molecule has 11 heavy (non-hydrogen) atoms. The molecule has 0 spiro atoms. The molecule has 66 valence electrons. The molecule has 0 bridgehead atoms. The lowest BCUT2D eigenvalue weighted by Gasteiger charge is -2.01. The summed E-state index contributed by atoms with van der Waals surface area (Å²) in [6, 6.07) is -0.979. The van der Waals surface area contributed by atoms with Crippen LogP contribution >= 0.6 is 0 Å². The van der Waals surface area contributed by atoms with Crippen molar-refractivity contribution in [1.29, 1.82) is 0 Å². The number of hydrogen-bond acceptors (Lipinski definition) is 3. The van der Waals surface area contributed by atoms with Crippen molar-refractivity contribution in [1.82, 2.24) is 0 Å². The van der Waals surface area contributed by atoms with Crippen molar-refractivity contribution in [3.63, 3.8) is 0 Å². The predicted molar refractivity (Wildman–Crippen MR) is 36.5 cm³/mol. The van der Waals surface area contributed by atoms with E-state index in [4.69, 9.17) is 16.6 Å². The quantitative estimate of drug-likeness (QED) is 0.488. The van der Waals surface area contributed by atoms with E-state index in [9.17, 15) is 9.59 Å². The molecule has 0 saturated carbocycles. The van der Waals surface area contributed by atoms with Crippen molar-refractivity contribution in [2.45, 2.75) is 18.9 Å². The zero-order valence-electron chi connectivity index (χ0n) is 5.82. The fourth-order valence-corrected chi connectivity index (χ4v) is 0.421. The van der Waals surface area contributed by atoms with Crippen LogP contribution in [0.25, 0.3) is 0 Å².